The van der Waals surface area contributed by atoms with Crippen LogP contribution in [0.3, 0.4) is 0 Å². The Bertz CT molecular complexity index is 376. The van der Waals surface area contributed by atoms with E-state index >= 15 is 0 Å². The van der Waals surface area contributed by atoms with Gasteiger partial charge in [0.25, 0.3) is 0 Å². The lowest BCUT2D eigenvalue weighted by molar-refractivity contribution is 0.542. The van der Waals surface area contributed by atoms with E-state index in [1.807, 2.05) is 0 Å². The third kappa shape index (κ3) is 2.23. The van der Waals surface area contributed by atoms with Crippen molar-refractivity contribution >= 4 is 11.9 Å². The van der Waals surface area contributed by atoms with Gasteiger partial charge in [-0.15, -0.1) is 0 Å². The molecule has 0 spiro atoms. The minimum Gasteiger partial charge on any atom is -0.368 e. The zero-order valence-electron chi connectivity index (χ0n) is 10.2. The van der Waals surface area contributed by atoms with Gasteiger partial charge in [-0.05, 0) is 12.8 Å². The summed E-state index contributed by atoms with van der Waals surface area (Å²) >= 11 is 0. The fourth-order valence-electron chi connectivity index (χ4n) is 1.77. The molecule has 0 saturated carbocycles. The molecule has 1 aromatic heterocycles. The van der Waals surface area contributed by atoms with Crippen LogP contribution in [0.5, 0.6) is 0 Å². The third-order valence-corrected chi connectivity index (χ3v) is 2.70. The Balaban J connectivity index is 2.35. The van der Waals surface area contributed by atoms with Gasteiger partial charge in [0.05, 0.1) is 0 Å². The Hall–Kier alpha value is -1.39. The van der Waals surface area contributed by atoms with E-state index in [1.54, 1.807) is 0 Å². The highest BCUT2D eigenvalue weighted by atomic mass is 15.3. The lowest BCUT2D eigenvalue weighted by Gasteiger charge is -2.20. The molecule has 1 saturated heterocycles. The van der Waals surface area contributed by atoms with Gasteiger partial charge in [-0.2, -0.15) is 15.0 Å². The van der Waals surface area contributed by atoms with Gasteiger partial charge in [-0.3, -0.25) is 0 Å². The number of anilines is 2. The van der Waals surface area contributed by atoms with Crippen molar-refractivity contribution in [3.63, 3.8) is 0 Å². The van der Waals surface area contributed by atoms with Crippen LogP contribution in [-0.4, -0.2) is 28.0 Å². The summed E-state index contributed by atoms with van der Waals surface area (Å²) in [4.78, 5) is 15.1. The quantitative estimate of drug-likeness (QED) is 0.775. The molecule has 1 aromatic rings. The molecule has 5 nitrogen and oxygen atoms in total. The minimum atomic E-state index is -0.0917. The molecule has 1 fully saturated rings. The Kier molecular flexibility index (Phi) is 2.69. The Morgan fingerprint density at radius 1 is 1.06 bits per heavy atom. The lowest BCUT2D eigenvalue weighted by Crippen LogP contribution is -2.25. The minimum absolute atomic E-state index is 0.0917. The summed E-state index contributed by atoms with van der Waals surface area (Å²) in [6, 6.07) is 0. The summed E-state index contributed by atoms with van der Waals surface area (Å²) < 4.78 is 0. The fraction of sp³-hybridized carbons (Fsp3) is 0.727. The average molecular weight is 221 g/mol. The van der Waals surface area contributed by atoms with Gasteiger partial charge in [-0.1, -0.05) is 20.8 Å². The first kappa shape index (κ1) is 11.1. The maximum absolute atomic E-state index is 5.73. The topological polar surface area (TPSA) is 67.9 Å². The van der Waals surface area contributed by atoms with Crippen molar-refractivity contribution in [1.29, 1.82) is 0 Å². The number of rotatable bonds is 1. The molecule has 0 atom stereocenters. The molecule has 2 rings (SSSR count). The van der Waals surface area contributed by atoms with E-state index in [-0.39, 0.29) is 5.41 Å². The van der Waals surface area contributed by atoms with Gasteiger partial charge in [-0.25, -0.2) is 0 Å². The maximum Gasteiger partial charge on any atom is 0.230 e. The van der Waals surface area contributed by atoms with Crippen LogP contribution in [0.2, 0.25) is 0 Å². The van der Waals surface area contributed by atoms with Crippen LogP contribution in [-0.2, 0) is 5.41 Å². The highest BCUT2D eigenvalue weighted by molar-refractivity contribution is 5.36. The second-order valence-corrected chi connectivity index (χ2v) is 5.26. The van der Waals surface area contributed by atoms with Crippen molar-refractivity contribution in [2.45, 2.75) is 39.0 Å². The highest BCUT2D eigenvalue weighted by Crippen LogP contribution is 2.22. The first-order valence-corrected chi connectivity index (χ1v) is 5.74. The molecule has 1 aliphatic rings. The Labute approximate surface area is 96.1 Å². The molecular weight excluding hydrogens is 202 g/mol. The van der Waals surface area contributed by atoms with Crippen LogP contribution in [0, 0.1) is 0 Å². The van der Waals surface area contributed by atoms with Gasteiger partial charge in [0.2, 0.25) is 11.9 Å². The number of hydrogen-bond acceptors (Lipinski definition) is 5. The van der Waals surface area contributed by atoms with Crippen molar-refractivity contribution in [1.82, 2.24) is 15.0 Å². The Morgan fingerprint density at radius 2 is 1.69 bits per heavy atom. The van der Waals surface area contributed by atoms with E-state index < -0.39 is 0 Å². The van der Waals surface area contributed by atoms with Crippen LogP contribution in [0.4, 0.5) is 11.9 Å². The third-order valence-electron chi connectivity index (χ3n) is 2.70. The van der Waals surface area contributed by atoms with Gasteiger partial charge in [0.15, 0.2) is 0 Å². The first-order chi connectivity index (χ1) is 7.47. The number of nitrogen functional groups attached to an aromatic ring is 1. The van der Waals surface area contributed by atoms with Crippen molar-refractivity contribution in [2.75, 3.05) is 23.7 Å². The van der Waals surface area contributed by atoms with E-state index in [9.17, 15) is 0 Å². The van der Waals surface area contributed by atoms with Gasteiger partial charge < -0.3 is 10.6 Å². The van der Waals surface area contributed by atoms with Crippen molar-refractivity contribution < 1.29 is 0 Å². The number of hydrogen-bond donors (Lipinski definition) is 1. The summed E-state index contributed by atoms with van der Waals surface area (Å²) in [5.74, 6) is 1.82. The van der Waals surface area contributed by atoms with Gasteiger partial charge >= 0.3 is 0 Å². The number of nitrogens with two attached hydrogens (primary N) is 1. The molecular formula is C11H19N5. The van der Waals surface area contributed by atoms with Crippen molar-refractivity contribution in [3.05, 3.63) is 5.82 Å². The summed E-state index contributed by atoms with van der Waals surface area (Å²) in [6.45, 7) is 8.28. The number of aromatic nitrogens is 3. The fourth-order valence-corrected chi connectivity index (χ4v) is 1.77. The molecule has 5 heteroatoms. The molecule has 16 heavy (non-hydrogen) atoms. The molecule has 0 bridgehead atoms. The largest absolute Gasteiger partial charge is 0.368 e. The summed E-state index contributed by atoms with van der Waals surface area (Å²) in [5, 5.41) is 0. The summed E-state index contributed by atoms with van der Waals surface area (Å²) in [6.07, 6.45) is 2.41. The molecule has 1 aliphatic heterocycles. The van der Waals surface area contributed by atoms with Crippen molar-refractivity contribution in [3.8, 4) is 0 Å². The maximum atomic E-state index is 5.73. The standard InChI is InChI=1S/C11H19N5/c1-11(2,3)8-13-9(12)15-10(14-8)16-6-4-5-7-16/h4-7H2,1-3H3,(H2,12,13,14,15). The molecule has 2 N–H and O–H groups in total. The number of nitrogens with zero attached hydrogens (tertiary/aromatic N) is 4. The highest BCUT2D eigenvalue weighted by Gasteiger charge is 2.22. The van der Waals surface area contributed by atoms with E-state index in [1.165, 1.54) is 12.8 Å². The van der Waals surface area contributed by atoms with E-state index in [0.29, 0.717) is 5.95 Å². The zero-order chi connectivity index (χ0) is 11.8. The Morgan fingerprint density at radius 3 is 2.25 bits per heavy atom. The second kappa shape index (κ2) is 3.88. The average Bonchev–Trinajstić information content (AvgIpc) is 2.68. The van der Waals surface area contributed by atoms with Gasteiger partial charge in [0.1, 0.15) is 5.82 Å². The smallest absolute Gasteiger partial charge is 0.230 e. The molecule has 0 radical (unpaired) electrons. The zero-order valence-corrected chi connectivity index (χ0v) is 10.2. The first-order valence-electron chi connectivity index (χ1n) is 5.74. The SMILES string of the molecule is CC(C)(C)c1nc(N)nc(N2CCCC2)n1. The second-order valence-electron chi connectivity index (χ2n) is 5.26. The van der Waals surface area contributed by atoms with Crippen molar-refractivity contribution in [2.24, 2.45) is 0 Å². The monoisotopic (exact) mass is 221 g/mol. The van der Waals surface area contributed by atoms with Crippen LogP contribution >= 0.6 is 0 Å². The van der Waals surface area contributed by atoms with Crippen LogP contribution in [0.1, 0.15) is 39.4 Å². The molecule has 0 aromatic carbocycles. The summed E-state index contributed by atoms with van der Waals surface area (Å²) in [5.41, 5.74) is 5.64. The van der Waals surface area contributed by atoms with E-state index in [2.05, 4.69) is 40.6 Å². The van der Waals surface area contributed by atoms with E-state index in [4.69, 9.17) is 5.73 Å². The molecule has 0 amide bonds. The molecule has 2 heterocycles. The van der Waals surface area contributed by atoms with E-state index in [0.717, 1.165) is 24.9 Å². The van der Waals surface area contributed by atoms with Crippen LogP contribution in [0.25, 0.3) is 0 Å². The van der Waals surface area contributed by atoms with Crippen LogP contribution < -0.4 is 10.6 Å². The van der Waals surface area contributed by atoms with Gasteiger partial charge in [0, 0.05) is 18.5 Å². The lowest BCUT2D eigenvalue weighted by atomic mass is 9.96. The molecule has 88 valence electrons. The summed E-state index contributed by atoms with van der Waals surface area (Å²) in [7, 11) is 0. The predicted octanol–water partition coefficient (Wildman–Crippen LogP) is 1.35. The molecule has 0 unspecified atom stereocenters. The normalized spacial score (nSPS) is 16.8. The predicted molar refractivity (Wildman–Crippen MR) is 64.4 cm³/mol. The van der Waals surface area contributed by atoms with Crippen LogP contribution in [0.15, 0.2) is 0 Å². The molecule has 0 aliphatic carbocycles.